The molecule has 0 aliphatic rings. The number of benzene rings is 1. The molecule has 3 aromatic rings. The second-order valence-corrected chi connectivity index (χ2v) is 5.90. The first-order chi connectivity index (χ1) is 8.84. The Morgan fingerprint density at radius 2 is 2.00 bits per heavy atom. The van der Waals surface area contributed by atoms with Gasteiger partial charge in [-0.15, -0.1) is 22.7 Å². The Hall–Kier alpha value is -1.65. The molecule has 0 saturated carbocycles. The highest BCUT2D eigenvalue weighted by molar-refractivity contribution is 7.13. The molecule has 3 rings (SSSR count). The van der Waals surface area contributed by atoms with E-state index in [1.54, 1.807) is 22.7 Å². The molecule has 2 nitrogen and oxygen atoms in total. The number of rotatable bonds is 3. The molecule has 0 spiro atoms. The largest absolute Gasteiger partial charge is 0.398 e. The molecule has 0 bridgehead atoms. The lowest BCUT2D eigenvalue weighted by atomic mass is 10.0. The van der Waals surface area contributed by atoms with Crippen molar-refractivity contribution in [2.45, 2.75) is 6.42 Å². The van der Waals surface area contributed by atoms with Crippen molar-refractivity contribution >= 4 is 28.4 Å². The molecule has 4 heteroatoms. The zero-order chi connectivity index (χ0) is 12.4. The third-order valence-corrected chi connectivity index (χ3v) is 4.44. The Kier molecular flexibility index (Phi) is 3.13. The van der Waals surface area contributed by atoms with E-state index in [-0.39, 0.29) is 0 Å². The second kappa shape index (κ2) is 4.92. The summed E-state index contributed by atoms with van der Waals surface area (Å²) in [6.45, 7) is 0. The summed E-state index contributed by atoms with van der Waals surface area (Å²) in [5.41, 5.74) is 9.24. The highest BCUT2D eigenvalue weighted by Gasteiger charge is 2.11. The molecule has 0 aliphatic heterocycles. The van der Waals surface area contributed by atoms with Crippen LogP contribution in [-0.4, -0.2) is 4.98 Å². The molecule has 1 aromatic carbocycles. The van der Waals surface area contributed by atoms with E-state index in [9.17, 15) is 0 Å². The van der Waals surface area contributed by atoms with Gasteiger partial charge >= 0.3 is 0 Å². The average molecular weight is 272 g/mol. The van der Waals surface area contributed by atoms with Crippen molar-refractivity contribution in [2.75, 3.05) is 5.73 Å². The van der Waals surface area contributed by atoms with Crippen LogP contribution in [0.3, 0.4) is 0 Å². The van der Waals surface area contributed by atoms with Crippen LogP contribution in [0.25, 0.3) is 10.6 Å². The number of nitrogens with zero attached hydrogens (tertiary/aromatic N) is 1. The van der Waals surface area contributed by atoms with E-state index in [0.717, 1.165) is 22.7 Å². The van der Waals surface area contributed by atoms with Crippen molar-refractivity contribution < 1.29 is 0 Å². The summed E-state index contributed by atoms with van der Waals surface area (Å²) in [4.78, 5) is 5.72. The Bertz CT molecular complexity index is 628. The van der Waals surface area contributed by atoms with Gasteiger partial charge in [0.2, 0.25) is 0 Å². The first-order valence-corrected chi connectivity index (χ1v) is 7.40. The van der Waals surface area contributed by atoms with Crippen molar-refractivity contribution in [1.29, 1.82) is 0 Å². The van der Waals surface area contributed by atoms with E-state index in [0.29, 0.717) is 0 Å². The number of anilines is 1. The Balaban J connectivity index is 2.07. The van der Waals surface area contributed by atoms with Crippen LogP contribution in [0.5, 0.6) is 0 Å². The molecule has 90 valence electrons. The fraction of sp³-hybridized carbons (Fsp3) is 0.0714. The van der Waals surface area contributed by atoms with E-state index in [1.807, 2.05) is 23.7 Å². The van der Waals surface area contributed by atoms with Crippen LogP contribution in [-0.2, 0) is 6.42 Å². The van der Waals surface area contributed by atoms with Crippen LogP contribution in [0.4, 0.5) is 5.69 Å². The van der Waals surface area contributed by atoms with Crippen LogP contribution >= 0.6 is 22.7 Å². The summed E-state index contributed by atoms with van der Waals surface area (Å²) < 4.78 is 0. The summed E-state index contributed by atoms with van der Waals surface area (Å²) in [6.07, 6.45) is 2.74. The maximum Gasteiger partial charge on any atom is 0.125 e. The van der Waals surface area contributed by atoms with E-state index in [1.165, 1.54) is 10.4 Å². The van der Waals surface area contributed by atoms with Crippen LogP contribution in [0.1, 0.15) is 10.4 Å². The van der Waals surface area contributed by atoms with E-state index in [2.05, 4.69) is 28.6 Å². The standard InChI is InChI=1S/C14H12N2S2/c15-12-5-1-3-10(9-11-4-2-7-17-11)13(12)14-16-6-8-18-14/h1-8H,9,15H2. The molecule has 0 atom stereocenters. The Morgan fingerprint density at radius 1 is 1.06 bits per heavy atom. The number of nitrogens with two attached hydrogens (primary N) is 1. The van der Waals surface area contributed by atoms with Crippen LogP contribution in [0, 0.1) is 0 Å². The van der Waals surface area contributed by atoms with Gasteiger partial charge in [-0.25, -0.2) is 4.98 Å². The number of nitrogen functional groups attached to an aromatic ring is 1. The molecule has 18 heavy (non-hydrogen) atoms. The average Bonchev–Trinajstić information content (AvgIpc) is 3.01. The van der Waals surface area contributed by atoms with Crippen LogP contribution < -0.4 is 5.73 Å². The second-order valence-electron chi connectivity index (χ2n) is 3.97. The highest BCUT2D eigenvalue weighted by Crippen LogP contribution is 2.33. The summed E-state index contributed by atoms with van der Waals surface area (Å²) in [7, 11) is 0. The Labute approximate surface area is 114 Å². The smallest absolute Gasteiger partial charge is 0.125 e. The van der Waals surface area contributed by atoms with E-state index >= 15 is 0 Å². The normalized spacial score (nSPS) is 10.7. The van der Waals surface area contributed by atoms with Gasteiger partial charge in [-0.3, -0.25) is 0 Å². The lowest BCUT2D eigenvalue weighted by Crippen LogP contribution is -1.96. The van der Waals surface area contributed by atoms with Gasteiger partial charge < -0.3 is 5.73 Å². The molecule has 2 N–H and O–H groups in total. The SMILES string of the molecule is Nc1cccc(Cc2cccs2)c1-c1nccs1. The number of thiophene rings is 1. The number of hydrogen-bond acceptors (Lipinski definition) is 4. The van der Waals surface area contributed by atoms with Gasteiger partial charge in [0.15, 0.2) is 0 Å². The third kappa shape index (κ3) is 2.17. The fourth-order valence-electron chi connectivity index (χ4n) is 1.98. The van der Waals surface area contributed by atoms with E-state index < -0.39 is 0 Å². The van der Waals surface area contributed by atoms with Gasteiger partial charge in [-0.2, -0.15) is 0 Å². The summed E-state index contributed by atoms with van der Waals surface area (Å²) in [5.74, 6) is 0. The van der Waals surface area contributed by atoms with Gasteiger partial charge in [-0.1, -0.05) is 18.2 Å². The minimum Gasteiger partial charge on any atom is -0.398 e. The Morgan fingerprint density at radius 3 is 2.72 bits per heavy atom. The summed E-state index contributed by atoms with van der Waals surface area (Å²) in [5, 5.41) is 5.08. The van der Waals surface area contributed by atoms with Crippen molar-refractivity contribution in [3.63, 3.8) is 0 Å². The van der Waals surface area contributed by atoms with Gasteiger partial charge in [-0.05, 0) is 23.1 Å². The van der Waals surface area contributed by atoms with Crippen LogP contribution in [0.2, 0.25) is 0 Å². The van der Waals surface area contributed by atoms with Crippen molar-refractivity contribution in [1.82, 2.24) is 4.98 Å². The molecule has 2 aromatic heterocycles. The molecule has 2 heterocycles. The number of thiazole rings is 1. The molecule has 0 saturated heterocycles. The predicted octanol–water partition coefficient (Wildman–Crippen LogP) is 4.04. The highest BCUT2D eigenvalue weighted by atomic mass is 32.1. The first kappa shape index (κ1) is 11.4. The van der Waals surface area contributed by atoms with Gasteiger partial charge in [0.25, 0.3) is 0 Å². The van der Waals surface area contributed by atoms with Gasteiger partial charge in [0.05, 0.1) is 0 Å². The molecule has 0 unspecified atom stereocenters. The lowest BCUT2D eigenvalue weighted by Gasteiger charge is -2.09. The molecule has 0 aliphatic carbocycles. The molecular weight excluding hydrogens is 260 g/mol. The van der Waals surface area contributed by atoms with Gasteiger partial charge in [0.1, 0.15) is 5.01 Å². The first-order valence-electron chi connectivity index (χ1n) is 5.64. The number of aromatic nitrogens is 1. The van der Waals surface area contributed by atoms with Crippen molar-refractivity contribution in [3.8, 4) is 10.6 Å². The topological polar surface area (TPSA) is 38.9 Å². The molecular formula is C14H12N2S2. The maximum atomic E-state index is 6.11. The van der Waals surface area contributed by atoms with Crippen molar-refractivity contribution in [3.05, 3.63) is 57.7 Å². The van der Waals surface area contributed by atoms with Crippen molar-refractivity contribution in [2.24, 2.45) is 0 Å². The van der Waals surface area contributed by atoms with Gasteiger partial charge in [0, 0.05) is 34.1 Å². The predicted molar refractivity (Wildman–Crippen MR) is 79.1 cm³/mol. The zero-order valence-corrected chi connectivity index (χ0v) is 11.3. The minimum absolute atomic E-state index is 0.805. The summed E-state index contributed by atoms with van der Waals surface area (Å²) in [6, 6.07) is 10.3. The maximum absolute atomic E-state index is 6.11. The molecule has 0 amide bonds. The molecule has 0 fully saturated rings. The monoisotopic (exact) mass is 272 g/mol. The minimum atomic E-state index is 0.805. The lowest BCUT2D eigenvalue weighted by molar-refractivity contribution is 1.24. The number of hydrogen-bond donors (Lipinski definition) is 1. The summed E-state index contributed by atoms with van der Waals surface area (Å²) >= 11 is 3.40. The van der Waals surface area contributed by atoms with Crippen LogP contribution in [0.15, 0.2) is 47.3 Å². The fourth-order valence-corrected chi connectivity index (χ4v) is 3.44. The molecule has 0 radical (unpaired) electrons. The van der Waals surface area contributed by atoms with E-state index in [4.69, 9.17) is 5.73 Å². The quantitative estimate of drug-likeness (QED) is 0.731. The zero-order valence-electron chi connectivity index (χ0n) is 9.67. The third-order valence-electron chi connectivity index (χ3n) is 2.77.